The molecule has 0 N–H and O–H groups in total. The van der Waals surface area contributed by atoms with Gasteiger partial charge in [-0.2, -0.15) is 18.4 Å². The molecule has 0 bridgehead atoms. The van der Waals surface area contributed by atoms with E-state index in [0.29, 0.717) is 6.07 Å². The van der Waals surface area contributed by atoms with Gasteiger partial charge in [0.15, 0.2) is 0 Å². The molecule has 2 aromatic carbocycles. The summed E-state index contributed by atoms with van der Waals surface area (Å²) in [4.78, 5) is 26.3. The molecule has 176 valence electrons. The fourth-order valence-electron chi connectivity index (χ4n) is 4.48. The van der Waals surface area contributed by atoms with Gasteiger partial charge in [0, 0.05) is 6.61 Å². The Hall–Kier alpha value is -3.36. The third-order valence-electron chi connectivity index (χ3n) is 6.12. The summed E-state index contributed by atoms with van der Waals surface area (Å²) in [6.45, 7) is 0.151. The van der Waals surface area contributed by atoms with E-state index in [1.807, 2.05) is 0 Å². The van der Waals surface area contributed by atoms with E-state index >= 15 is 0 Å². The van der Waals surface area contributed by atoms with E-state index in [1.165, 1.54) is 24.3 Å². The van der Waals surface area contributed by atoms with E-state index in [2.05, 4.69) is 4.74 Å². The van der Waals surface area contributed by atoms with Gasteiger partial charge in [-0.05, 0) is 42.3 Å². The summed E-state index contributed by atoms with van der Waals surface area (Å²) in [6.07, 6.45) is -4.61. The third kappa shape index (κ3) is 3.63. The first kappa shape index (κ1) is 23.8. The minimum Gasteiger partial charge on any atom is -0.465 e. The number of rotatable bonds is 3. The second-order valence-electron chi connectivity index (χ2n) is 7.94. The van der Waals surface area contributed by atoms with Crippen molar-refractivity contribution in [3.05, 3.63) is 64.5 Å². The molecule has 2 aliphatic rings. The first-order valence-corrected chi connectivity index (χ1v) is 10.4. The van der Waals surface area contributed by atoms with Gasteiger partial charge in [-0.25, -0.2) is 9.18 Å². The van der Waals surface area contributed by atoms with Crippen LogP contribution in [-0.2, 0) is 20.4 Å². The molecule has 0 saturated carbocycles. The van der Waals surface area contributed by atoms with Gasteiger partial charge in [-0.3, -0.25) is 9.69 Å². The van der Waals surface area contributed by atoms with Crippen LogP contribution in [-0.4, -0.2) is 37.2 Å². The number of thiocarbonyl (C=S) groups is 1. The van der Waals surface area contributed by atoms with Gasteiger partial charge in [0.2, 0.25) is 5.91 Å². The van der Waals surface area contributed by atoms with E-state index in [0.717, 1.165) is 24.1 Å². The van der Waals surface area contributed by atoms with E-state index in [9.17, 15) is 27.2 Å². The summed E-state index contributed by atoms with van der Waals surface area (Å²) in [5.74, 6) is -3.23. The molecule has 0 radical (unpaired) electrons. The Morgan fingerprint density at radius 1 is 1.29 bits per heavy atom. The van der Waals surface area contributed by atoms with Crippen LogP contribution >= 0.6 is 12.2 Å². The number of nitrogens with zero attached hydrogens (tertiary/aromatic N) is 2. The largest absolute Gasteiger partial charge is 0.465 e. The number of hydrogen-bond donors (Lipinski definition) is 0. The summed E-state index contributed by atoms with van der Waals surface area (Å²) in [5, 5.41) is 9.06. The lowest BCUT2D eigenvalue weighted by molar-refractivity contribution is -0.137. The molecule has 0 aliphatic carbocycles. The summed E-state index contributed by atoms with van der Waals surface area (Å²) in [7, 11) is 1.11. The van der Waals surface area contributed by atoms with Crippen molar-refractivity contribution >= 4 is 34.8 Å². The first-order chi connectivity index (χ1) is 16.0. The summed E-state index contributed by atoms with van der Waals surface area (Å²) in [6, 6.07) is 8.10. The maximum Gasteiger partial charge on any atom is 0.417 e. The van der Waals surface area contributed by atoms with Crippen LogP contribution in [0.4, 0.5) is 23.2 Å². The second kappa shape index (κ2) is 8.45. The highest BCUT2D eigenvalue weighted by Gasteiger charge is 2.60. The highest BCUT2D eigenvalue weighted by Crippen LogP contribution is 2.52. The molecule has 4 rings (SSSR count). The lowest BCUT2D eigenvalue weighted by Gasteiger charge is -2.26. The zero-order valence-electron chi connectivity index (χ0n) is 17.6. The number of amides is 1. The van der Waals surface area contributed by atoms with E-state index in [1.54, 1.807) is 0 Å². The average Bonchev–Trinajstić information content (AvgIpc) is 3.36. The Balaban J connectivity index is 1.83. The maximum atomic E-state index is 14.7. The Labute approximate surface area is 196 Å². The summed E-state index contributed by atoms with van der Waals surface area (Å²) < 4.78 is 65.3. The Kier molecular flexibility index (Phi) is 5.91. The van der Waals surface area contributed by atoms with Crippen LogP contribution < -0.4 is 4.90 Å². The second-order valence-corrected chi connectivity index (χ2v) is 8.36. The highest BCUT2D eigenvalue weighted by molar-refractivity contribution is 7.80. The normalized spacial score (nSPS) is 22.4. The van der Waals surface area contributed by atoms with Crippen molar-refractivity contribution in [2.45, 2.75) is 18.5 Å². The Morgan fingerprint density at radius 3 is 2.59 bits per heavy atom. The minimum absolute atomic E-state index is 0.0291. The number of alkyl halides is 3. The number of carbonyl (C=O) groups excluding carboxylic acids is 2. The molecule has 34 heavy (non-hydrogen) atoms. The van der Waals surface area contributed by atoms with Crippen molar-refractivity contribution < 1.29 is 36.6 Å². The van der Waals surface area contributed by atoms with E-state index < -0.39 is 46.3 Å². The van der Waals surface area contributed by atoms with Gasteiger partial charge in [0.05, 0.1) is 58.5 Å². The number of ether oxygens (including phenoxy) is 2. The van der Waals surface area contributed by atoms with E-state index in [4.69, 9.17) is 22.2 Å². The van der Waals surface area contributed by atoms with Crippen LogP contribution in [0, 0.1) is 22.6 Å². The standard InChI is InChI=1S/C23H16F4N2O4S/c1-32-20(30)15-5-3-12(8-17(15)24)18-19(34)29(21(31)22(18)6-7-33-11-22)14-4-2-13(10-28)16(9-14)23(25,26)27/h2-5,8-9,18H,6-7,11H2,1H3/t18?,22-/m0/s1. The minimum atomic E-state index is -4.83. The molecule has 1 unspecified atom stereocenters. The van der Waals surface area contributed by atoms with Crippen molar-refractivity contribution in [2.24, 2.45) is 5.41 Å². The Bertz CT molecular complexity index is 1250. The molecule has 2 fully saturated rings. The number of nitriles is 1. The van der Waals surface area contributed by atoms with Crippen LogP contribution in [0.1, 0.15) is 39.4 Å². The highest BCUT2D eigenvalue weighted by atomic mass is 32.1. The number of anilines is 1. The fraction of sp³-hybridized carbons (Fsp3) is 0.304. The molecule has 2 saturated heterocycles. The van der Waals surface area contributed by atoms with Crippen LogP contribution in [0.5, 0.6) is 0 Å². The van der Waals surface area contributed by atoms with Gasteiger partial charge in [0.25, 0.3) is 0 Å². The number of benzene rings is 2. The molecule has 2 heterocycles. The van der Waals surface area contributed by atoms with Crippen molar-refractivity contribution in [2.75, 3.05) is 25.2 Å². The zero-order chi connectivity index (χ0) is 24.8. The van der Waals surface area contributed by atoms with Crippen LogP contribution in [0.3, 0.4) is 0 Å². The molecule has 2 aromatic rings. The topological polar surface area (TPSA) is 79.6 Å². The molecule has 6 nitrogen and oxygen atoms in total. The molecular formula is C23H16F4N2O4S. The molecule has 0 aromatic heterocycles. The number of hydrogen-bond acceptors (Lipinski definition) is 6. The van der Waals surface area contributed by atoms with Crippen molar-refractivity contribution in [3.8, 4) is 6.07 Å². The van der Waals surface area contributed by atoms with Gasteiger partial charge in [-0.15, -0.1) is 0 Å². The fourth-order valence-corrected chi connectivity index (χ4v) is 5.03. The number of methoxy groups -OCH3 is 1. The van der Waals surface area contributed by atoms with Gasteiger partial charge in [0.1, 0.15) is 5.82 Å². The average molecular weight is 492 g/mol. The number of carbonyl (C=O) groups is 2. The molecule has 1 amide bonds. The van der Waals surface area contributed by atoms with Crippen LogP contribution in [0.25, 0.3) is 0 Å². The van der Waals surface area contributed by atoms with Crippen LogP contribution in [0.15, 0.2) is 36.4 Å². The predicted molar refractivity (Wildman–Crippen MR) is 115 cm³/mol. The molecule has 2 aliphatic heterocycles. The third-order valence-corrected chi connectivity index (χ3v) is 6.54. The first-order valence-electron chi connectivity index (χ1n) is 10.0. The summed E-state index contributed by atoms with van der Waals surface area (Å²) >= 11 is 5.55. The lowest BCUT2D eigenvalue weighted by atomic mass is 9.73. The monoisotopic (exact) mass is 492 g/mol. The van der Waals surface area contributed by atoms with Crippen molar-refractivity contribution in [3.63, 3.8) is 0 Å². The quantitative estimate of drug-likeness (QED) is 0.360. The van der Waals surface area contributed by atoms with Gasteiger partial charge < -0.3 is 9.47 Å². The number of halogens is 4. The molecule has 2 atom stereocenters. The molecule has 11 heteroatoms. The molecular weight excluding hydrogens is 476 g/mol. The van der Waals surface area contributed by atoms with Crippen LogP contribution in [0.2, 0.25) is 0 Å². The predicted octanol–water partition coefficient (Wildman–Crippen LogP) is 4.37. The SMILES string of the molecule is COC(=O)c1ccc(C2C(=S)N(c3ccc(C#N)c(C(F)(F)F)c3)C(=O)[C@]23CCOC3)cc1F. The Morgan fingerprint density at radius 2 is 2.03 bits per heavy atom. The van der Waals surface area contributed by atoms with Gasteiger partial charge in [-0.1, -0.05) is 18.3 Å². The van der Waals surface area contributed by atoms with Crippen molar-refractivity contribution in [1.82, 2.24) is 0 Å². The van der Waals surface area contributed by atoms with E-state index in [-0.39, 0.29) is 41.4 Å². The molecule has 1 spiro atoms. The van der Waals surface area contributed by atoms with Gasteiger partial charge >= 0.3 is 12.1 Å². The smallest absolute Gasteiger partial charge is 0.417 e. The van der Waals surface area contributed by atoms with Crippen molar-refractivity contribution in [1.29, 1.82) is 5.26 Å². The number of esters is 1. The summed E-state index contributed by atoms with van der Waals surface area (Å²) in [5.41, 5.74) is -3.22. The zero-order valence-corrected chi connectivity index (χ0v) is 18.4. The maximum absolute atomic E-state index is 14.7. The lowest BCUT2D eigenvalue weighted by Crippen LogP contribution is -2.37.